The normalized spacial score (nSPS) is 10.4. The molecule has 7 heteroatoms. The van der Waals surface area contributed by atoms with E-state index in [1.165, 1.54) is 17.9 Å². The van der Waals surface area contributed by atoms with Crippen LogP contribution in [0, 0.1) is 6.92 Å². The maximum Gasteiger partial charge on any atom is 0.202 e. The van der Waals surface area contributed by atoms with Crippen molar-refractivity contribution < 1.29 is 0 Å². The molecule has 2 aromatic rings. The van der Waals surface area contributed by atoms with Gasteiger partial charge in [0.05, 0.1) is 0 Å². The Balaban J connectivity index is 1.81. The summed E-state index contributed by atoms with van der Waals surface area (Å²) in [5, 5.41) is 11.7. The molecule has 2 rings (SSSR count). The zero-order chi connectivity index (χ0) is 9.80. The standard InChI is InChI=1S/C7H10N6S/c1-6-12-10-5-13(6)3-2-8-7-9-4-11-14-7/h4-5H,2-3H2,1H3,(H,8,9,11). The first-order valence-corrected chi connectivity index (χ1v) is 4.98. The Bertz CT molecular complexity index is 381. The van der Waals surface area contributed by atoms with Crippen molar-refractivity contribution >= 4 is 16.7 Å². The van der Waals surface area contributed by atoms with E-state index in [-0.39, 0.29) is 0 Å². The minimum Gasteiger partial charge on any atom is -0.358 e. The van der Waals surface area contributed by atoms with E-state index >= 15 is 0 Å². The van der Waals surface area contributed by atoms with Crippen LogP contribution in [0.1, 0.15) is 5.82 Å². The van der Waals surface area contributed by atoms with Crippen molar-refractivity contribution in [3.05, 3.63) is 18.5 Å². The van der Waals surface area contributed by atoms with Gasteiger partial charge in [0.2, 0.25) is 5.13 Å². The van der Waals surface area contributed by atoms with Gasteiger partial charge in [0.1, 0.15) is 18.5 Å². The minimum atomic E-state index is 0.800. The Hall–Kier alpha value is -1.50. The van der Waals surface area contributed by atoms with Gasteiger partial charge in [-0.2, -0.15) is 4.37 Å². The van der Waals surface area contributed by atoms with E-state index in [4.69, 9.17) is 0 Å². The lowest BCUT2D eigenvalue weighted by molar-refractivity contribution is 0.700. The summed E-state index contributed by atoms with van der Waals surface area (Å²) in [5.74, 6) is 0.920. The summed E-state index contributed by atoms with van der Waals surface area (Å²) in [6.45, 7) is 3.56. The Morgan fingerprint density at radius 3 is 3.14 bits per heavy atom. The lowest BCUT2D eigenvalue weighted by atomic mass is 10.5. The highest BCUT2D eigenvalue weighted by atomic mass is 32.1. The summed E-state index contributed by atoms with van der Waals surface area (Å²) in [4.78, 5) is 4.01. The second-order valence-corrected chi connectivity index (χ2v) is 3.52. The smallest absolute Gasteiger partial charge is 0.202 e. The fourth-order valence-corrected chi connectivity index (χ4v) is 1.52. The Morgan fingerprint density at radius 2 is 2.50 bits per heavy atom. The zero-order valence-corrected chi connectivity index (χ0v) is 8.53. The monoisotopic (exact) mass is 210 g/mol. The quantitative estimate of drug-likeness (QED) is 0.798. The molecule has 6 nitrogen and oxygen atoms in total. The summed E-state index contributed by atoms with van der Waals surface area (Å²) >= 11 is 1.35. The molecule has 0 saturated carbocycles. The fraction of sp³-hybridized carbons (Fsp3) is 0.429. The molecule has 2 heterocycles. The van der Waals surface area contributed by atoms with E-state index in [1.54, 1.807) is 6.33 Å². The third-order valence-corrected chi connectivity index (χ3v) is 2.42. The maximum atomic E-state index is 4.01. The summed E-state index contributed by atoms with van der Waals surface area (Å²) in [7, 11) is 0. The second kappa shape index (κ2) is 4.14. The van der Waals surface area contributed by atoms with Crippen LogP contribution < -0.4 is 5.32 Å². The molecule has 0 unspecified atom stereocenters. The molecule has 0 aromatic carbocycles. The molecule has 1 N–H and O–H groups in total. The Morgan fingerprint density at radius 1 is 1.57 bits per heavy atom. The number of anilines is 1. The van der Waals surface area contributed by atoms with E-state index in [0.717, 1.165) is 24.0 Å². The molecule has 74 valence electrons. The lowest BCUT2D eigenvalue weighted by Crippen LogP contribution is -2.10. The van der Waals surface area contributed by atoms with Gasteiger partial charge >= 0.3 is 0 Å². The van der Waals surface area contributed by atoms with Crippen LogP contribution in [0.4, 0.5) is 5.13 Å². The van der Waals surface area contributed by atoms with Gasteiger partial charge in [0.25, 0.3) is 0 Å². The van der Waals surface area contributed by atoms with Gasteiger partial charge in [0, 0.05) is 24.6 Å². The van der Waals surface area contributed by atoms with Gasteiger partial charge < -0.3 is 9.88 Å². The molecule has 14 heavy (non-hydrogen) atoms. The van der Waals surface area contributed by atoms with Crippen LogP contribution in [-0.4, -0.2) is 30.7 Å². The van der Waals surface area contributed by atoms with Gasteiger partial charge in [-0.05, 0) is 6.92 Å². The number of aromatic nitrogens is 5. The first-order valence-electron chi connectivity index (χ1n) is 4.21. The summed E-state index contributed by atoms with van der Waals surface area (Å²) in [6.07, 6.45) is 3.26. The maximum absolute atomic E-state index is 4.01. The summed E-state index contributed by atoms with van der Waals surface area (Å²) in [6, 6.07) is 0. The number of hydrogen-bond acceptors (Lipinski definition) is 6. The van der Waals surface area contributed by atoms with Crippen molar-refractivity contribution in [3.63, 3.8) is 0 Å². The van der Waals surface area contributed by atoms with Gasteiger partial charge in [-0.15, -0.1) is 10.2 Å². The van der Waals surface area contributed by atoms with Crippen LogP contribution in [0.25, 0.3) is 0 Å². The molecule has 0 aliphatic carbocycles. The Labute approximate surface area is 85.2 Å². The van der Waals surface area contributed by atoms with Crippen LogP contribution >= 0.6 is 11.5 Å². The van der Waals surface area contributed by atoms with Crippen molar-refractivity contribution in [2.75, 3.05) is 11.9 Å². The lowest BCUT2D eigenvalue weighted by Gasteiger charge is -2.03. The second-order valence-electron chi connectivity index (χ2n) is 2.74. The highest BCUT2D eigenvalue weighted by Gasteiger charge is 1.98. The minimum absolute atomic E-state index is 0.800. The van der Waals surface area contributed by atoms with Crippen LogP contribution in [0.2, 0.25) is 0 Å². The summed E-state index contributed by atoms with van der Waals surface area (Å²) in [5.41, 5.74) is 0. The van der Waals surface area contributed by atoms with Crippen molar-refractivity contribution in [2.24, 2.45) is 0 Å². The molecule has 0 saturated heterocycles. The Kier molecular flexibility index (Phi) is 2.68. The van der Waals surface area contributed by atoms with E-state index in [1.807, 2.05) is 11.5 Å². The molecule has 0 aliphatic heterocycles. The fourth-order valence-electron chi connectivity index (χ4n) is 1.07. The number of rotatable bonds is 4. The van der Waals surface area contributed by atoms with Crippen molar-refractivity contribution in [1.82, 2.24) is 24.1 Å². The van der Waals surface area contributed by atoms with E-state index in [2.05, 4.69) is 24.9 Å². The van der Waals surface area contributed by atoms with E-state index < -0.39 is 0 Å². The number of aryl methyl sites for hydroxylation is 1. The molecule has 2 aromatic heterocycles. The molecular formula is C7H10N6S. The molecule has 0 fully saturated rings. The molecule has 0 aliphatic rings. The molecule has 0 amide bonds. The topological polar surface area (TPSA) is 68.5 Å². The largest absolute Gasteiger partial charge is 0.358 e. The third-order valence-electron chi connectivity index (χ3n) is 1.80. The van der Waals surface area contributed by atoms with Crippen LogP contribution in [0.3, 0.4) is 0 Å². The molecule has 0 spiro atoms. The average molecular weight is 210 g/mol. The highest BCUT2D eigenvalue weighted by Crippen LogP contribution is 2.05. The highest BCUT2D eigenvalue weighted by molar-refractivity contribution is 7.09. The van der Waals surface area contributed by atoms with Gasteiger partial charge in [-0.1, -0.05) is 0 Å². The van der Waals surface area contributed by atoms with Gasteiger partial charge in [-0.25, -0.2) is 4.98 Å². The zero-order valence-electron chi connectivity index (χ0n) is 7.71. The van der Waals surface area contributed by atoms with Crippen LogP contribution in [0.15, 0.2) is 12.7 Å². The van der Waals surface area contributed by atoms with Crippen molar-refractivity contribution in [3.8, 4) is 0 Å². The SMILES string of the molecule is Cc1nncn1CCNc1ncns1. The third kappa shape index (κ3) is 2.05. The van der Waals surface area contributed by atoms with Crippen LogP contribution in [-0.2, 0) is 6.54 Å². The molecule has 0 atom stereocenters. The molecule has 0 bridgehead atoms. The van der Waals surface area contributed by atoms with Gasteiger partial charge in [-0.3, -0.25) is 0 Å². The first kappa shape index (κ1) is 9.07. The van der Waals surface area contributed by atoms with Crippen molar-refractivity contribution in [1.29, 1.82) is 0 Å². The van der Waals surface area contributed by atoms with Gasteiger partial charge in [0.15, 0.2) is 0 Å². The number of hydrogen-bond donors (Lipinski definition) is 1. The number of nitrogens with zero attached hydrogens (tertiary/aromatic N) is 5. The average Bonchev–Trinajstić information content (AvgIpc) is 2.78. The molecular weight excluding hydrogens is 200 g/mol. The van der Waals surface area contributed by atoms with Crippen molar-refractivity contribution in [2.45, 2.75) is 13.5 Å². The van der Waals surface area contributed by atoms with E-state index in [9.17, 15) is 0 Å². The predicted molar refractivity (Wildman–Crippen MR) is 53.2 cm³/mol. The number of nitrogens with one attached hydrogen (secondary N) is 1. The molecule has 0 radical (unpaired) electrons. The predicted octanol–water partition coefficient (Wildman–Crippen LogP) is 0.550. The van der Waals surface area contributed by atoms with Crippen LogP contribution in [0.5, 0.6) is 0 Å². The summed E-state index contributed by atoms with van der Waals surface area (Å²) < 4.78 is 5.87. The van der Waals surface area contributed by atoms with E-state index in [0.29, 0.717) is 0 Å². The first-order chi connectivity index (χ1) is 6.86.